The van der Waals surface area contributed by atoms with Gasteiger partial charge in [-0.1, -0.05) is 68.8 Å². The Bertz CT molecular complexity index is 1290. The maximum atomic E-state index is 12.4. The summed E-state index contributed by atoms with van der Waals surface area (Å²) >= 11 is 0. The molecule has 0 bridgehead atoms. The number of para-hydroxylation sites is 3. The molecule has 5 nitrogen and oxygen atoms in total. The fourth-order valence-electron chi connectivity index (χ4n) is 4.61. The van der Waals surface area contributed by atoms with Gasteiger partial charge in [0, 0.05) is 18.5 Å². The predicted octanol–water partition coefficient (Wildman–Crippen LogP) is 6.69. The Morgan fingerprint density at radius 3 is 2.53 bits per heavy atom. The molecule has 0 saturated heterocycles. The monoisotopic (exact) mass is 483 g/mol. The van der Waals surface area contributed by atoms with Crippen LogP contribution in [0, 0.1) is 6.92 Å². The number of aryl methyl sites for hydroxylation is 2. The van der Waals surface area contributed by atoms with Crippen molar-refractivity contribution in [2.75, 3.05) is 13.2 Å². The third-order valence-electron chi connectivity index (χ3n) is 6.60. The van der Waals surface area contributed by atoms with Crippen molar-refractivity contribution in [3.05, 3.63) is 95.3 Å². The van der Waals surface area contributed by atoms with Gasteiger partial charge in [-0.15, -0.1) is 0 Å². The van der Waals surface area contributed by atoms with E-state index in [9.17, 15) is 4.79 Å². The van der Waals surface area contributed by atoms with Crippen molar-refractivity contribution in [1.82, 2.24) is 14.9 Å². The number of nitrogens with zero attached hydrogens (tertiary/aromatic N) is 2. The molecule has 0 aliphatic carbocycles. The first-order chi connectivity index (χ1) is 17.5. The number of imidazole rings is 1. The molecule has 36 heavy (non-hydrogen) atoms. The van der Waals surface area contributed by atoms with E-state index in [1.807, 2.05) is 43.3 Å². The quantitative estimate of drug-likeness (QED) is 0.228. The second kappa shape index (κ2) is 12.4. The van der Waals surface area contributed by atoms with Crippen LogP contribution < -0.4 is 10.1 Å². The number of ether oxygens (including phenoxy) is 1. The zero-order chi connectivity index (χ0) is 25.3. The van der Waals surface area contributed by atoms with Gasteiger partial charge in [-0.25, -0.2) is 4.98 Å². The highest BCUT2D eigenvalue weighted by molar-refractivity contribution is 5.95. The van der Waals surface area contributed by atoms with Gasteiger partial charge in [0.1, 0.15) is 18.2 Å². The maximum Gasteiger partial charge on any atom is 0.251 e. The Balaban J connectivity index is 1.30. The van der Waals surface area contributed by atoms with Gasteiger partial charge < -0.3 is 14.6 Å². The van der Waals surface area contributed by atoms with E-state index < -0.39 is 0 Å². The van der Waals surface area contributed by atoms with Crippen LogP contribution in [0.15, 0.2) is 72.8 Å². The number of hydrogen-bond donors (Lipinski definition) is 1. The smallest absolute Gasteiger partial charge is 0.251 e. The summed E-state index contributed by atoms with van der Waals surface area (Å²) in [5.74, 6) is 2.49. The van der Waals surface area contributed by atoms with Crippen molar-refractivity contribution in [3.63, 3.8) is 0 Å². The topological polar surface area (TPSA) is 56.2 Å². The lowest BCUT2D eigenvalue weighted by atomic mass is 10.0. The van der Waals surface area contributed by atoms with Gasteiger partial charge in [-0.05, 0) is 61.1 Å². The van der Waals surface area contributed by atoms with Crippen LogP contribution in [-0.4, -0.2) is 28.6 Å². The Morgan fingerprint density at radius 1 is 0.944 bits per heavy atom. The van der Waals surface area contributed by atoms with Crippen LogP contribution in [0.4, 0.5) is 0 Å². The van der Waals surface area contributed by atoms with Crippen LogP contribution >= 0.6 is 0 Å². The summed E-state index contributed by atoms with van der Waals surface area (Å²) in [7, 11) is 0. The average Bonchev–Trinajstić information content (AvgIpc) is 3.23. The fourth-order valence-corrected chi connectivity index (χ4v) is 4.61. The molecule has 0 aliphatic rings. The van der Waals surface area contributed by atoms with Crippen LogP contribution in [-0.2, 0) is 13.0 Å². The van der Waals surface area contributed by atoms with E-state index in [0.717, 1.165) is 66.0 Å². The van der Waals surface area contributed by atoms with Crippen molar-refractivity contribution in [3.8, 4) is 5.75 Å². The van der Waals surface area contributed by atoms with Crippen LogP contribution in [0.1, 0.15) is 66.3 Å². The third kappa shape index (κ3) is 6.34. The van der Waals surface area contributed by atoms with E-state index in [4.69, 9.17) is 9.72 Å². The lowest BCUT2D eigenvalue weighted by Crippen LogP contribution is -2.25. The number of fused-ring (bicyclic) bond motifs is 1. The molecule has 0 fully saturated rings. The molecular weight excluding hydrogens is 446 g/mol. The molecule has 1 amide bonds. The third-order valence-corrected chi connectivity index (χ3v) is 6.60. The van der Waals surface area contributed by atoms with E-state index >= 15 is 0 Å². The number of benzene rings is 3. The predicted molar refractivity (Wildman–Crippen MR) is 147 cm³/mol. The molecule has 0 radical (unpaired) electrons. The molecule has 0 saturated carbocycles. The lowest BCUT2D eigenvalue weighted by molar-refractivity contribution is 0.0952. The first-order valence-corrected chi connectivity index (χ1v) is 13.0. The largest absolute Gasteiger partial charge is 0.491 e. The Hall–Kier alpha value is -3.60. The van der Waals surface area contributed by atoms with E-state index in [1.165, 1.54) is 5.56 Å². The number of rotatable bonds is 12. The second-order valence-electron chi connectivity index (χ2n) is 9.59. The van der Waals surface area contributed by atoms with Gasteiger partial charge in [0.15, 0.2) is 0 Å². The summed E-state index contributed by atoms with van der Waals surface area (Å²) in [4.78, 5) is 17.3. The lowest BCUT2D eigenvalue weighted by Gasteiger charge is -2.15. The van der Waals surface area contributed by atoms with Gasteiger partial charge in [0.25, 0.3) is 5.91 Å². The molecule has 3 aromatic carbocycles. The normalized spacial score (nSPS) is 11.2. The minimum absolute atomic E-state index is 0.00827. The highest BCUT2D eigenvalue weighted by Gasteiger charge is 2.12. The summed E-state index contributed by atoms with van der Waals surface area (Å²) in [6, 6.07) is 24.3. The Kier molecular flexibility index (Phi) is 8.77. The summed E-state index contributed by atoms with van der Waals surface area (Å²) in [5.41, 5.74) is 5.18. The molecular formula is C31H37N3O2. The molecule has 1 aromatic heterocycles. The van der Waals surface area contributed by atoms with Crippen molar-refractivity contribution < 1.29 is 9.53 Å². The fraction of sp³-hybridized carbons (Fsp3) is 0.355. The minimum Gasteiger partial charge on any atom is -0.491 e. The van der Waals surface area contributed by atoms with E-state index in [2.05, 4.69) is 60.1 Å². The molecule has 0 aliphatic heterocycles. The number of carbonyl (C=O) groups is 1. The number of carbonyl (C=O) groups excluding carboxylic acids is 1. The molecule has 1 N–H and O–H groups in total. The first kappa shape index (κ1) is 25.5. The van der Waals surface area contributed by atoms with Crippen LogP contribution in [0.25, 0.3) is 11.0 Å². The molecule has 5 heteroatoms. The van der Waals surface area contributed by atoms with E-state index in [0.29, 0.717) is 19.1 Å². The maximum absolute atomic E-state index is 12.4. The summed E-state index contributed by atoms with van der Waals surface area (Å²) in [6.07, 6.45) is 3.92. The minimum atomic E-state index is 0.00827. The summed E-state index contributed by atoms with van der Waals surface area (Å²) < 4.78 is 8.51. The van der Waals surface area contributed by atoms with Crippen molar-refractivity contribution in [2.24, 2.45) is 0 Å². The zero-order valence-corrected chi connectivity index (χ0v) is 21.7. The SMILES string of the molecule is Cc1ccccc1C(=O)NCCCCCc1nc2ccccc2n1CCOc1ccccc1C(C)C. The van der Waals surface area contributed by atoms with Gasteiger partial charge in [-0.3, -0.25) is 4.79 Å². The standard InChI is InChI=1S/C31H37N3O2/c1-23(2)25-14-8-11-18-29(25)36-22-21-34-28-17-10-9-16-27(28)33-30(34)19-5-4-12-20-32-31(35)26-15-7-6-13-24(26)3/h6-11,13-18,23H,4-5,12,19-22H2,1-3H3,(H,32,35). The number of amides is 1. The Labute approximate surface area is 214 Å². The number of unbranched alkanes of at least 4 members (excludes halogenated alkanes) is 2. The van der Waals surface area contributed by atoms with E-state index in [-0.39, 0.29) is 5.91 Å². The van der Waals surface area contributed by atoms with Crippen LogP contribution in [0.2, 0.25) is 0 Å². The van der Waals surface area contributed by atoms with Crippen molar-refractivity contribution in [2.45, 2.75) is 58.9 Å². The van der Waals surface area contributed by atoms with Gasteiger partial charge in [0.2, 0.25) is 0 Å². The molecule has 1 heterocycles. The zero-order valence-electron chi connectivity index (χ0n) is 21.7. The van der Waals surface area contributed by atoms with Gasteiger partial charge in [0.05, 0.1) is 17.6 Å². The van der Waals surface area contributed by atoms with Crippen molar-refractivity contribution in [1.29, 1.82) is 0 Å². The van der Waals surface area contributed by atoms with Gasteiger partial charge in [-0.2, -0.15) is 0 Å². The van der Waals surface area contributed by atoms with Crippen LogP contribution in [0.3, 0.4) is 0 Å². The molecule has 4 aromatic rings. The molecule has 4 rings (SSSR count). The average molecular weight is 484 g/mol. The first-order valence-electron chi connectivity index (χ1n) is 13.0. The number of nitrogens with one attached hydrogen (secondary N) is 1. The van der Waals surface area contributed by atoms with Crippen molar-refractivity contribution >= 4 is 16.9 Å². The number of aromatic nitrogens is 2. The van der Waals surface area contributed by atoms with E-state index in [1.54, 1.807) is 0 Å². The Morgan fingerprint density at radius 2 is 1.69 bits per heavy atom. The molecule has 0 unspecified atom stereocenters. The molecule has 188 valence electrons. The number of hydrogen-bond acceptors (Lipinski definition) is 3. The van der Waals surface area contributed by atoms with Gasteiger partial charge >= 0.3 is 0 Å². The summed E-state index contributed by atoms with van der Waals surface area (Å²) in [6.45, 7) is 8.40. The highest BCUT2D eigenvalue weighted by Crippen LogP contribution is 2.26. The summed E-state index contributed by atoms with van der Waals surface area (Å²) in [5, 5.41) is 3.05. The van der Waals surface area contributed by atoms with Crippen LogP contribution in [0.5, 0.6) is 5.75 Å². The highest BCUT2D eigenvalue weighted by atomic mass is 16.5. The molecule has 0 spiro atoms. The second-order valence-corrected chi connectivity index (χ2v) is 9.59. The molecule has 0 atom stereocenters.